The van der Waals surface area contributed by atoms with Gasteiger partial charge in [-0.05, 0) is 53.8 Å². The van der Waals surface area contributed by atoms with E-state index < -0.39 is 0 Å². The molecule has 0 aromatic heterocycles. The number of rotatable bonds is 6. The molecule has 16 heavy (non-hydrogen) atoms. The molecular weight excluding hydrogens is 198 g/mol. The average Bonchev–Trinajstić information content (AvgIpc) is 2.21. The van der Waals surface area contributed by atoms with E-state index in [2.05, 4.69) is 44.8 Å². The van der Waals surface area contributed by atoms with Crippen molar-refractivity contribution >= 4 is 0 Å². The Bertz CT molecular complexity index is 217. The Kier molecular flexibility index (Phi) is 4.38. The summed E-state index contributed by atoms with van der Waals surface area (Å²) in [5, 5.41) is 0. The van der Waals surface area contributed by atoms with Crippen LogP contribution < -0.4 is 5.73 Å². The third-order valence-corrected chi connectivity index (χ3v) is 4.89. The molecule has 3 nitrogen and oxygen atoms in total. The molecule has 0 amide bonds. The Morgan fingerprint density at radius 1 is 1.25 bits per heavy atom. The zero-order valence-electron chi connectivity index (χ0n) is 11.7. The summed E-state index contributed by atoms with van der Waals surface area (Å²) in [6.45, 7) is 6.38. The quantitative estimate of drug-likeness (QED) is 0.747. The fourth-order valence-electron chi connectivity index (χ4n) is 2.53. The highest BCUT2D eigenvalue weighted by atomic mass is 15.3. The highest BCUT2D eigenvalue weighted by Crippen LogP contribution is 2.37. The summed E-state index contributed by atoms with van der Waals surface area (Å²) in [5.74, 6) is 0. The van der Waals surface area contributed by atoms with E-state index in [9.17, 15) is 0 Å². The summed E-state index contributed by atoms with van der Waals surface area (Å²) in [6, 6.07) is 0. The largest absolute Gasteiger partial charge is 0.329 e. The Morgan fingerprint density at radius 2 is 1.81 bits per heavy atom. The summed E-state index contributed by atoms with van der Waals surface area (Å²) in [7, 11) is 6.64. The van der Waals surface area contributed by atoms with Crippen molar-refractivity contribution in [3.05, 3.63) is 0 Å². The van der Waals surface area contributed by atoms with Crippen molar-refractivity contribution in [3.63, 3.8) is 0 Å². The van der Waals surface area contributed by atoms with Crippen molar-refractivity contribution in [1.29, 1.82) is 0 Å². The van der Waals surface area contributed by atoms with Crippen LogP contribution in [0, 0.1) is 0 Å². The fourth-order valence-corrected chi connectivity index (χ4v) is 2.53. The summed E-state index contributed by atoms with van der Waals surface area (Å²) in [6.07, 6.45) is 5.14. The van der Waals surface area contributed by atoms with E-state index in [1.807, 2.05) is 0 Å². The van der Waals surface area contributed by atoms with Gasteiger partial charge in [-0.25, -0.2) is 0 Å². The lowest BCUT2D eigenvalue weighted by molar-refractivity contribution is -0.00409. The number of likely N-dealkylation sites (N-methyl/N-ethyl adjacent to an activating group) is 2. The second-order valence-corrected chi connectivity index (χ2v) is 5.88. The molecule has 0 aromatic carbocycles. The lowest BCUT2D eigenvalue weighted by Gasteiger charge is -2.52. The fraction of sp³-hybridized carbons (Fsp3) is 1.00. The van der Waals surface area contributed by atoms with Gasteiger partial charge in [-0.3, -0.25) is 4.90 Å². The molecule has 1 aliphatic rings. The molecule has 0 heterocycles. The normalized spacial score (nSPS) is 23.2. The van der Waals surface area contributed by atoms with Crippen molar-refractivity contribution in [2.45, 2.75) is 50.6 Å². The molecule has 1 fully saturated rings. The van der Waals surface area contributed by atoms with Gasteiger partial charge in [0.1, 0.15) is 0 Å². The van der Waals surface area contributed by atoms with Gasteiger partial charge in [0, 0.05) is 24.2 Å². The smallest absolute Gasteiger partial charge is 0.0330 e. The summed E-state index contributed by atoms with van der Waals surface area (Å²) >= 11 is 0. The molecule has 0 radical (unpaired) electrons. The first-order valence-corrected chi connectivity index (χ1v) is 6.49. The van der Waals surface area contributed by atoms with E-state index in [4.69, 9.17) is 5.73 Å². The van der Waals surface area contributed by atoms with Gasteiger partial charge in [-0.15, -0.1) is 0 Å². The van der Waals surface area contributed by atoms with E-state index in [0.717, 1.165) is 19.5 Å². The van der Waals surface area contributed by atoms with Crippen LogP contribution in [-0.4, -0.2) is 55.1 Å². The van der Waals surface area contributed by atoms with Crippen LogP contribution in [-0.2, 0) is 0 Å². The Balaban J connectivity index is 2.65. The van der Waals surface area contributed by atoms with E-state index in [0.29, 0.717) is 5.54 Å². The second kappa shape index (κ2) is 5.03. The first-order valence-electron chi connectivity index (χ1n) is 6.49. The standard InChI is InChI=1S/C13H29N3/c1-6-12(2,10-14)16(5)11-13(15(3)4)8-7-9-13/h6-11,14H2,1-5H3. The predicted molar refractivity (Wildman–Crippen MR) is 70.6 cm³/mol. The third kappa shape index (κ3) is 2.41. The van der Waals surface area contributed by atoms with Gasteiger partial charge in [-0.1, -0.05) is 6.92 Å². The van der Waals surface area contributed by atoms with Crippen LogP contribution in [0.3, 0.4) is 0 Å². The molecule has 96 valence electrons. The summed E-state index contributed by atoms with van der Waals surface area (Å²) in [5.41, 5.74) is 6.47. The van der Waals surface area contributed by atoms with Crippen molar-refractivity contribution in [3.8, 4) is 0 Å². The zero-order valence-corrected chi connectivity index (χ0v) is 11.7. The second-order valence-electron chi connectivity index (χ2n) is 5.88. The molecule has 1 atom stereocenters. The molecule has 1 aliphatic carbocycles. The van der Waals surface area contributed by atoms with E-state index in [1.165, 1.54) is 19.3 Å². The van der Waals surface area contributed by atoms with Crippen LogP contribution in [0.25, 0.3) is 0 Å². The van der Waals surface area contributed by atoms with Crippen molar-refractivity contribution in [2.24, 2.45) is 5.73 Å². The van der Waals surface area contributed by atoms with Crippen molar-refractivity contribution in [2.75, 3.05) is 34.2 Å². The number of nitrogens with zero attached hydrogens (tertiary/aromatic N) is 2. The van der Waals surface area contributed by atoms with Crippen LogP contribution in [0.15, 0.2) is 0 Å². The minimum absolute atomic E-state index is 0.151. The summed E-state index contributed by atoms with van der Waals surface area (Å²) in [4.78, 5) is 4.87. The molecule has 1 saturated carbocycles. The Morgan fingerprint density at radius 3 is 2.06 bits per heavy atom. The first kappa shape index (κ1) is 13.9. The molecule has 1 rings (SSSR count). The maximum atomic E-state index is 5.92. The van der Waals surface area contributed by atoms with Crippen LogP contribution >= 0.6 is 0 Å². The zero-order chi connectivity index (χ0) is 12.4. The highest BCUT2D eigenvalue weighted by Gasteiger charge is 2.42. The SMILES string of the molecule is CCC(C)(CN)N(C)CC1(N(C)C)CCC1. The minimum atomic E-state index is 0.151. The highest BCUT2D eigenvalue weighted by molar-refractivity contribution is 5.00. The topological polar surface area (TPSA) is 32.5 Å². The van der Waals surface area contributed by atoms with Gasteiger partial charge in [0.2, 0.25) is 0 Å². The van der Waals surface area contributed by atoms with Gasteiger partial charge in [0.05, 0.1) is 0 Å². The van der Waals surface area contributed by atoms with E-state index in [1.54, 1.807) is 0 Å². The van der Waals surface area contributed by atoms with Crippen molar-refractivity contribution in [1.82, 2.24) is 9.80 Å². The lowest BCUT2D eigenvalue weighted by Crippen LogP contribution is -2.61. The number of nitrogens with two attached hydrogens (primary N) is 1. The maximum absolute atomic E-state index is 5.92. The van der Waals surface area contributed by atoms with Gasteiger partial charge >= 0.3 is 0 Å². The minimum Gasteiger partial charge on any atom is -0.329 e. The molecule has 0 aromatic rings. The lowest BCUT2D eigenvalue weighted by atomic mass is 9.74. The number of hydrogen-bond donors (Lipinski definition) is 1. The van der Waals surface area contributed by atoms with Gasteiger partial charge in [-0.2, -0.15) is 0 Å². The van der Waals surface area contributed by atoms with E-state index in [-0.39, 0.29) is 5.54 Å². The Labute approximate surface area is 101 Å². The molecular formula is C13H29N3. The van der Waals surface area contributed by atoms with E-state index >= 15 is 0 Å². The molecule has 0 spiro atoms. The molecule has 0 saturated heterocycles. The average molecular weight is 227 g/mol. The molecule has 0 aliphatic heterocycles. The Hall–Kier alpha value is -0.120. The van der Waals surface area contributed by atoms with Crippen molar-refractivity contribution < 1.29 is 0 Å². The van der Waals surface area contributed by atoms with Gasteiger partial charge < -0.3 is 10.6 Å². The summed E-state index contributed by atoms with van der Waals surface area (Å²) < 4.78 is 0. The molecule has 3 heteroatoms. The predicted octanol–water partition coefficient (Wildman–Crippen LogP) is 1.53. The maximum Gasteiger partial charge on any atom is 0.0330 e. The van der Waals surface area contributed by atoms with Crippen LogP contribution in [0.1, 0.15) is 39.5 Å². The molecule has 2 N–H and O–H groups in total. The van der Waals surface area contributed by atoms with Gasteiger partial charge in [0.15, 0.2) is 0 Å². The molecule has 0 bridgehead atoms. The monoisotopic (exact) mass is 227 g/mol. The third-order valence-electron chi connectivity index (χ3n) is 4.89. The van der Waals surface area contributed by atoms with Gasteiger partial charge in [0.25, 0.3) is 0 Å². The molecule has 1 unspecified atom stereocenters. The van der Waals surface area contributed by atoms with Crippen LogP contribution in [0.4, 0.5) is 0 Å². The van der Waals surface area contributed by atoms with Crippen LogP contribution in [0.2, 0.25) is 0 Å². The van der Waals surface area contributed by atoms with Crippen LogP contribution in [0.5, 0.6) is 0 Å². The number of hydrogen-bond acceptors (Lipinski definition) is 3. The first-order chi connectivity index (χ1) is 7.40.